The fourth-order valence-electron chi connectivity index (χ4n) is 4.96. The smallest absolute Gasteiger partial charge is 0.237 e. The number of aromatic nitrogens is 2. The second kappa shape index (κ2) is 8.92. The zero-order chi connectivity index (χ0) is 22.1. The van der Waals surface area contributed by atoms with E-state index in [9.17, 15) is 4.79 Å². The van der Waals surface area contributed by atoms with Crippen LogP contribution in [0.1, 0.15) is 36.3 Å². The van der Waals surface area contributed by atoms with E-state index >= 15 is 0 Å². The second-order valence-electron chi connectivity index (χ2n) is 9.09. The molecule has 168 valence electrons. The molecule has 5 rings (SSSR count). The Hall–Kier alpha value is -2.90. The van der Waals surface area contributed by atoms with Crippen molar-refractivity contribution in [2.45, 2.75) is 44.2 Å². The molecule has 1 aromatic carbocycles. The summed E-state index contributed by atoms with van der Waals surface area (Å²) in [6.45, 7) is 4.98. The number of nitrogens with zero attached hydrogens (tertiary/aromatic N) is 2. The number of carbonyl (C=O) groups is 1. The highest BCUT2D eigenvalue weighted by Crippen LogP contribution is 2.33. The van der Waals surface area contributed by atoms with Crippen LogP contribution in [-0.2, 0) is 4.79 Å². The van der Waals surface area contributed by atoms with Gasteiger partial charge in [0.1, 0.15) is 17.1 Å². The van der Waals surface area contributed by atoms with E-state index < -0.39 is 0 Å². The molecule has 0 spiro atoms. The van der Waals surface area contributed by atoms with E-state index in [2.05, 4.69) is 44.7 Å². The van der Waals surface area contributed by atoms with E-state index in [1.807, 2.05) is 31.3 Å². The molecule has 7 nitrogen and oxygen atoms in total. The highest BCUT2D eigenvalue weighted by atomic mass is 16.5. The van der Waals surface area contributed by atoms with Crippen LogP contribution in [0.2, 0.25) is 0 Å². The highest BCUT2D eigenvalue weighted by Gasteiger charge is 2.35. The van der Waals surface area contributed by atoms with Crippen LogP contribution in [0, 0.1) is 6.92 Å². The molecule has 2 atom stereocenters. The average molecular weight is 434 g/mol. The van der Waals surface area contributed by atoms with E-state index in [0.29, 0.717) is 0 Å². The topological polar surface area (TPSA) is 82.3 Å². The number of amides is 1. The molecule has 3 N–H and O–H groups in total. The molecule has 2 fully saturated rings. The van der Waals surface area contributed by atoms with Crippen LogP contribution in [0.4, 0.5) is 0 Å². The predicted molar refractivity (Wildman–Crippen MR) is 125 cm³/mol. The predicted octanol–water partition coefficient (Wildman–Crippen LogP) is 3.32. The van der Waals surface area contributed by atoms with E-state index in [1.54, 1.807) is 6.20 Å². The summed E-state index contributed by atoms with van der Waals surface area (Å²) < 4.78 is 6.17. The molecule has 0 bridgehead atoms. The van der Waals surface area contributed by atoms with Gasteiger partial charge in [0, 0.05) is 24.4 Å². The summed E-state index contributed by atoms with van der Waals surface area (Å²) in [5.74, 6) is 1.87. The number of carbonyl (C=O) groups excluding carboxylic acids is 1. The third-order valence-corrected chi connectivity index (χ3v) is 6.84. The van der Waals surface area contributed by atoms with Gasteiger partial charge < -0.3 is 25.3 Å². The maximum Gasteiger partial charge on any atom is 0.237 e. The van der Waals surface area contributed by atoms with Gasteiger partial charge in [-0.05, 0) is 82.2 Å². The summed E-state index contributed by atoms with van der Waals surface area (Å²) in [6.07, 6.45) is 6.69. The summed E-state index contributed by atoms with van der Waals surface area (Å²) in [4.78, 5) is 22.8. The number of hydrogen-bond acceptors (Lipinski definition) is 5. The van der Waals surface area contributed by atoms with Crippen molar-refractivity contribution in [3.05, 3.63) is 53.9 Å². The quantitative estimate of drug-likeness (QED) is 0.575. The fraction of sp³-hybridized carbons (Fsp3) is 0.440. The lowest BCUT2D eigenvalue weighted by molar-refractivity contribution is -0.124. The number of ether oxygens (including phenoxy) is 1. The maximum absolute atomic E-state index is 13.0. The Kier molecular flexibility index (Phi) is 5.85. The third kappa shape index (κ3) is 4.23. The van der Waals surface area contributed by atoms with E-state index in [4.69, 9.17) is 4.74 Å². The Labute approximate surface area is 188 Å². The van der Waals surface area contributed by atoms with Crippen molar-refractivity contribution in [3.63, 3.8) is 0 Å². The molecule has 1 amide bonds. The van der Waals surface area contributed by atoms with Crippen LogP contribution in [0.3, 0.4) is 0 Å². The van der Waals surface area contributed by atoms with E-state index in [0.717, 1.165) is 67.0 Å². The molecule has 2 aromatic heterocycles. The first-order valence-corrected chi connectivity index (χ1v) is 11.5. The Balaban J connectivity index is 1.26. The van der Waals surface area contributed by atoms with Crippen molar-refractivity contribution in [2.24, 2.45) is 0 Å². The van der Waals surface area contributed by atoms with Crippen molar-refractivity contribution < 1.29 is 9.53 Å². The van der Waals surface area contributed by atoms with Crippen LogP contribution >= 0.6 is 0 Å². The van der Waals surface area contributed by atoms with Crippen molar-refractivity contribution in [1.82, 2.24) is 25.5 Å². The lowest BCUT2D eigenvalue weighted by Gasteiger charge is -2.31. The number of benzene rings is 1. The molecule has 0 radical (unpaired) electrons. The monoisotopic (exact) mass is 433 g/mol. The third-order valence-electron chi connectivity index (χ3n) is 6.84. The first-order chi connectivity index (χ1) is 15.6. The van der Waals surface area contributed by atoms with Crippen LogP contribution in [0.25, 0.3) is 11.0 Å². The number of fused-ring (bicyclic) bond motifs is 1. The first-order valence-electron chi connectivity index (χ1n) is 11.5. The average Bonchev–Trinajstić information content (AvgIpc) is 3.44. The standard InChI is InChI=1S/C25H31N5O2/c1-16-15-28-24-22(16)21(8-12-27-24)32-19-5-3-17(4-6-19)20-7-11-26-23(20)25(31)29-18-9-13-30(2)14-10-18/h3-6,8,12,15,18,20,23,26H,7,9-11,13-14H2,1-2H3,(H,27,28)(H,29,31)/t20-,23+/m1/s1. The SMILES string of the molecule is Cc1c[nH]c2nccc(Oc3ccc([C@H]4CCN[C@@H]4C(=O)NC4CCN(C)CC4)cc3)c12. The Morgan fingerprint density at radius 3 is 2.72 bits per heavy atom. The van der Waals surface area contributed by atoms with Crippen molar-refractivity contribution >= 4 is 16.9 Å². The number of nitrogens with one attached hydrogen (secondary N) is 3. The molecule has 32 heavy (non-hydrogen) atoms. The molecule has 0 saturated carbocycles. The van der Waals surface area contributed by atoms with Crippen LogP contribution < -0.4 is 15.4 Å². The molecule has 7 heteroatoms. The Morgan fingerprint density at radius 2 is 1.94 bits per heavy atom. The molecule has 0 unspecified atom stereocenters. The van der Waals surface area contributed by atoms with Gasteiger partial charge in [0.15, 0.2) is 0 Å². The summed E-state index contributed by atoms with van der Waals surface area (Å²) in [5.41, 5.74) is 3.10. The Morgan fingerprint density at radius 1 is 1.16 bits per heavy atom. The van der Waals surface area contributed by atoms with Gasteiger partial charge >= 0.3 is 0 Å². The van der Waals surface area contributed by atoms with Crippen LogP contribution in [0.5, 0.6) is 11.5 Å². The molecular weight excluding hydrogens is 402 g/mol. The summed E-state index contributed by atoms with van der Waals surface area (Å²) in [7, 11) is 2.14. The van der Waals surface area contributed by atoms with Gasteiger partial charge in [-0.3, -0.25) is 4.79 Å². The lowest BCUT2D eigenvalue weighted by atomic mass is 9.91. The number of pyridine rings is 1. The van der Waals surface area contributed by atoms with E-state index in [-0.39, 0.29) is 23.9 Å². The van der Waals surface area contributed by atoms with Gasteiger partial charge in [-0.25, -0.2) is 4.98 Å². The number of hydrogen-bond donors (Lipinski definition) is 3. The summed E-state index contributed by atoms with van der Waals surface area (Å²) in [5, 5.41) is 7.70. The number of rotatable bonds is 5. The minimum absolute atomic E-state index is 0.129. The molecule has 3 aromatic rings. The normalized spacial score (nSPS) is 22.3. The largest absolute Gasteiger partial charge is 0.457 e. The first kappa shape index (κ1) is 21.0. The van der Waals surface area contributed by atoms with Gasteiger partial charge in [0.2, 0.25) is 5.91 Å². The molecule has 2 aliphatic heterocycles. The number of H-pyrrole nitrogens is 1. The molecule has 2 aliphatic rings. The van der Waals surface area contributed by atoms with Gasteiger partial charge in [-0.1, -0.05) is 12.1 Å². The van der Waals surface area contributed by atoms with Gasteiger partial charge in [-0.2, -0.15) is 0 Å². The second-order valence-corrected chi connectivity index (χ2v) is 9.09. The maximum atomic E-state index is 13.0. The van der Waals surface area contributed by atoms with Crippen molar-refractivity contribution in [3.8, 4) is 11.5 Å². The highest BCUT2D eigenvalue weighted by molar-refractivity contribution is 5.86. The molecular formula is C25H31N5O2. The molecule has 0 aliphatic carbocycles. The summed E-state index contributed by atoms with van der Waals surface area (Å²) >= 11 is 0. The van der Waals surface area contributed by atoms with Crippen LogP contribution in [0.15, 0.2) is 42.7 Å². The van der Waals surface area contributed by atoms with Gasteiger partial charge in [-0.15, -0.1) is 0 Å². The van der Waals surface area contributed by atoms with Gasteiger partial charge in [0.05, 0.1) is 11.4 Å². The lowest BCUT2D eigenvalue weighted by Crippen LogP contribution is -2.50. The number of aryl methyl sites for hydroxylation is 1. The zero-order valence-electron chi connectivity index (χ0n) is 18.7. The number of piperidine rings is 1. The van der Waals surface area contributed by atoms with Gasteiger partial charge in [0.25, 0.3) is 0 Å². The minimum atomic E-state index is -0.177. The number of aromatic amines is 1. The van der Waals surface area contributed by atoms with Crippen molar-refractivity contribution in [2.75, 3.05) is 26.7 Å². The zero-order valence-corrected chi connectivity index (χ0v) is 18.7. The number of likely N-dealkylation sites (tertiary alicyclic amines) is 1. The Bertz CT molecular complexity index is 1090. The minimum Gasteiger partial charge on any atom is -0.457 e. The van der Waals surface area contributed by atoms with Crippen LogP contribution in [-0.4, -0.2) is 59.5 Å². The summed E-state index contributed by atoms with van der Waals surface area (Å²) in [6, 6.07) is 10.2. The van der Waals surface area contributed by atoms with Crippen molar-refractivity contribution in [1.29, 1.82) is 0 Å². The molecule has 4 heterocycles. The molecule has 2 saturated heterocycles. The van der Waals surface area contributed by atoms with E-state index in [1.165, 1.54) is 5.56 Å². The fourth-order valence-corrected chi connectivity index (χ4v) is 4.96.